The Morgan fingerprint density at radius 3 is 2.58 bits per heavy atom. The number of likely N-dealkylation sites (tertiary alicyclic amines) is 1. The van der Waals surface area contributed by atoms with Gasteiger partial charge in [0.05, 0.1) is 18.8 Å². The first-order chi connectivity index (χ1) is 9.10. The van der Waals surface area contributed by atoms with E-state index in [2.05, 4.69) is 5.32 Å². The van der Waals surface area contributed by atoms with Gasteiger partial charge in [-0.05, 0) is 11.6 Å². The number of hydrogen-bond acceptors (Lipinski definition) is 5. The van der Waals surface area contributed by atoms with E-state index in [4.69, 9.17) is 5.73 Å². The lowest BCUT2D eigenvalue weighted by Crippen LogP contribution is -2.32. The number of aliphatic hydroxyl groups is 2. The molecule has 1 aromatic carbocycles. The van der Waals surface area contributed by atoms with Crippen LogP contribution in [0.2, 0.25) is 0 Å². The molecular formula is C13H19N3O3. The second-order valence-electron chi connectivity index (χ2n) is 4.74. The van der Waals surface area contributed by atoms with Crippen LogP contribution in [0, 0.1) is 0 Å². The number of aliphatic hydroxyl groups excluding tert-OH is 2. The molecule has 0 spiro atoms. The fourth-order valence-electron chi connectivity index (χ4n) is 2.19. The van der Waals surface area contributed by atoms with E-state index >= 15 is 0 Å². The van der Waals surface area contributed by atoms with E-state index < -0.39 is 12.2 Å². The van der Waals surface area contributed by atoms with Crippen LogP contribution in [0.1, 0.15) is 5.56 Å². The molecule has 2 unspecified atom stereocenters. The highest BCUT2D eigenvalue weighted by atomic mass is 16.3. The maximum atomic E-state index is 11.9. The van der Waals surface area contributed by atoms with Gasteiger partial charge in [-0.3, -0.25) is 9.69 Å². The van der Waals surface area contributed by atoms with Crippen molar-refractivity contribution in [3.63, 3.8) is 0 Å². The number of β-amino-alcohol motifs (C(OH)–C–C–N with tert-alkyl or cyclic N) is 2. The van der Waals surface area contributed by atoms with Gasteiger partial charge in [-0.2, -0.15) is 0 Å². The highest BCUT2D eigenvalue weighted by Gasteiger charge is 2.30. The van der Waals surface area contributed by atoms with E-state index in [1.165, 1.54) is 0 Å². The Morgan fingerprint density at radius 1 is 1.32 bits per heavy atom. The largest absolute Gasteiger partial charge is 0.389 e. The Labute approximate surface area is 111 Å². The number of hydrogen-bond donors (Lipinski definition) is 4. The molecule has 0 aromatic heterocycles. The number of benzene rings is 1. The van der Waals surface area contributed by atoms with Gasteiger partial charge in [0.2, 0.25) is 5.91 Å². The molecule has 1 aliphatic heterocycles. The zero-order chi connectivity index (χ0) is 13.8. The van der Waals surface area contributed by atoms with Gasteiger partial charge in [0.1, 0.15) is 0 Å². The molecule has 1 aliphatic rings. The lowest BCUT2D eigenvalue weighted by atomic mass is 10.2. The number of para-hydroxylation sites is 1. The van der Waals surface area contributed by atoms with Crippen LogP contribution in [0.4, 0.5) is 5.69 Å². The molecule has 19 heavy (non-hydrogen) atoms. The minimum Gasteiger partial charge on any atom is -0.389 e. The number of carbonyl (C=O) groups excluding carboxylic acids is 1. The molecule has 6 heteroatoms. The van der Waals surface area contributed by atoms with Crippen molar-refractivity contribution in [2.45, 2.75) is 18.8 Å². The molecule has 2 rings (SSSR count). The first kappa shape index (κ1) is 14.0. The van der Waals surface area contributed by atoms with Crippen LogP contribution >= 0.6 is 0 Å². The maximum absolute atomic E-state index is 11.9. The van der Waals surface area contributed by atoms with Gasteiger partial charge in [0, 0.05) is 25.3 Å². The molecular weight excluding hydrogens is 246 g/mol. The minimum atomic E-state index is -0.774. The Hall–Kier alpha value is -1.47. The van der Waals surface area contributed by atoms with Crippen molar-refractivity contribution in [2.75, 3.05) is 25.0 Å². The summed E-state index contributed by atoms with van der Waals surface area (Å²) in [5.74, 6) is -0.179. The van der Waals surface area contributed by atoms with Crippen molar-refractivity contribution in [2.24, 2.45) is 5.73 Å². The first-order valence-electron chi connectivity index (χ1n) is 6.26. The topological polar surface area (TPSA) is 98.8 Å². The maximum Gasteiger partial charge on any atom is 0.238 e. The summed E-state index contributed by atoms with van der Waals surface area (Å²) in [5.41, 5.74) is 7.18. The Balaban J connectivity index is 1.91. The molecule has 104 valence electrons. The normalized spacial score (nSPS) is 23.5. The lowest BCUT2D eigenvalue weighted by molar-refractivity contribution is -0.117. The summed E-state index contributed by atoms with van der Waals surface area (Å²) in [6.45, 7) is 1.13. The summed E-state index contributed by atoms with van der Waals surface area (Å²) in [5, 5.41) is 21.6. The number of nitrogens with one attached hydrogen (secondary N) is 1. The molecule has 2 atom stereocenters. The van der Waals surface area contributed by atoms with Gasteiger partial charge in [-0.25, -0.2) is 0 Å². The number of nitrogens with zero attached hydrogens (tertiary/aromatic N) is 1. The third-order valence-electron chi connectivity index (χ3n) is 3.21. The number of carbonyl (C=O) groups is 1. The van der Waals surface area contributed by atoms with Crippen molar-refractivity contribution >= 4 is 11.6 Å². The van der Waals surface area contributed by atoms with E-state index in [1.807, 2.05) is 18.2 Å². The number of nitrogens with two attached hydrogens (primary N) is 1. The SMILES string of the molecule is NCc1ccccc1NC(=O)CN1CC(O)C(O)C1. The fourth-order valence-corrected chi connectivity index (χ4v) is 2.19. The van der Waals surface area contributed by atoms with Crippen LogP contribution in [0.15, 0.2) is 24.3 Å². The second-order valence-corrected chi connectivity index (χ2v) is 4.74. The summed E-state index contributed by atoms with van der Waals surface area (Å²) in [4.78, 5) is 13.6. The van der Waals surface area contributed by atoms with Gasteiger partial charge < -0.3 is 21.3 Å². The van der Waals surface area contributed by atoms with E-state index in [0.717, 1.165) is 5.56 Å². The van der Waals surface area contributed by atoms with Crippen LogP contribution in [0.5, 0.6) is 0 Å². The number of rotatable bonds is 4. The Bertz CT molecular complexity index is 443. The summed E-state index contributed by atoms with van der Waals surface area (Å²) < 4.78 is 0. The number of amides is 1. The van der Waals surface area contributed by atoms with Crippen molar-refractivity contribution < 1.29 is 15.0 Å². The average Bonchev–Trinajstić information content (AvgIpc) is 2.68. The summed E-state index contributed by atoms with van der Waals surface area (Å²) in [7, 11) is 0. The van der Waals surface area contributed by atoms with Crippen LogP contribution in [-0.4, -0.2) is 52.9 Å². The number of anilines is 1. The molecule has 0 aliphatic carbocycles. The van der Waals surface area contributed by atoms with Gasteiger partial charge in [-0.15, -0.1) is 0 Å². The van der Waals surface area contributed by atoms with Gasteiger partial charge in [0.25, 0.3) is 0 Å². The molecule has 0 bridgehead atoms. The molecule has 0 radical (unpaired) electrons. The Morgan fingerprint density at radius 2 is 1.95 bits per heavy atom. The minimum absolute atomic E-state index is 0.146. The molecule has 1 saturated heterocycles. The molecule has 0 saturated carbocycles. The smallest absolute Gasteiger partial charge is 0.238 e. The molecule has 5 N–H and O–H groups in total. The quantitative estimate of drug-likeness (QED) is 0.567. The highest BCUT2D eigenvalue weighted by Crippen LogP contribution is 2.15. The monoisotopic (exact) mass is 265 g/mol. The summed E-state index contributed by atoms with van der Waals surface area (Å²) in [6, 6.07) is 7.36. The van der Waals surface area contributed by atoms with Crippen molar-refractivity contribution in [3.05, 3.63) is 29.8 Å². The molecule has 1 amide bonds. The predicted octanol–water partition coefficient (Wildman–Crippen LogP) is -0.879. The predicted molar refractivity (Wildman–Crippen MR) is 71.4 cm³/mol. The lowest BCUT2D eigenvalue weighted by Gasteiger charge is -2.15. The molecule has 1 aromatic rings. The van der Waals surface area contributed by atoms with Crippen LogP contribution in [-0.2, 0) is 11.3 Å². The first-order valence-corrected chi connectivity index (χ1v) is 6.26. The fraction of sp³-hybridized carbons (Fsp3) is 0.462. The van der Waals surface area contributed by atoms with E-state index in [9.17, 15) is 15.0 Å². The van der Waals surface area contributed by atoms with E-state index in [-0.39, 0.29) is 12.5 Å². The van der Waals surface area contributed by atoms with Crippen LogP contribution in [0.3, 0.4) is 0 Å². The van der Waals surface area contributed by atoms with Crippen molar-refractivity contribution in [1.82, 2.24) is 4.90 Å². The average molecular weight is 265 g/mol. The van der Waals surface area contributed by atoms with Crippen LogP contribution < -0.4 is 11.1 Å². The second kappa shape index (κ2) is 6.12. The van der Waals surface area contributed by atoms with Gasteiger partial charge >= 0.3 is 0 Å². The summed E-state index contributed by atoms with van der Waals surface area (Å²) >= 11 is 0. The van der Waals surface area contributed by atoms with Crippen LogP contribution in [0.25, 0.3) is 0 Å². The van der Waals surface area contributed by atoms with Crippen molar-refractivity contribution in [3.8, 4) is 0 Å². The molecule has 1 heterocycles. The van der Waals surface area contributed by atoms with E-state index in [0.29, 0.717) is 25.3 Å². The third kappa shape index (κ3) is 3.51. The van der Waals surface area contributed by atoms with E-state index in [1.54, 1.807) is 11.0 Å². The zero-order valence-electron chi connectivity index (χ0n) is 10.6. The zero-order valence-corrected chi connectivity index (χ0v) is 10.6. The highest BCUT2D eigenvalue weighted by molar-refractivity contribution is 5.93. The van der Waals surface area contributed by atoms with Crippen molar-refractivity contribution in [1.29, 1.82) is 0 Å². The van der Waals surface area contributed by atoms with Gasteiger partial charge in [0.15, 0.2) is 0 Å². The Kier molecular flexibility index (Phi) is 4.49. The summed E-state index contributed by atoms with van der Waals surface area (Å²) in [6.07, 6.45) is -1.55. The van der Waals surface area contributed by atoms with Gasteiger partial charge in [-0.1, -0.05) is 18.2 Å². The molecule has 1 fully saturated rings. The standard InChI is InChI=1S/C13H19N3O3/c14-5-9-3-1-2-4-10(9)15-13(19)8-16-6-11(17)12(18)7-16/h1-4,11-12,17-18H,5-8,14H2,(H,15,19). The molecule has 6 nitrogen and oxygen atoms in total. The third-order valence-corrected chi connectivity index (χ3v) is 3.21.